The Balaban J connectivity index is 1.21. The van der Waals surface area contributed by atoms with Gasteiger partial charge in [-0.2, -0.15) is 0 Å². The molecule has 4 nitrogen and oxygen atoms in total. The van der Waals surface area contributed by atoms with E-state index in [4.69, 9.17) is 9.47 Å². The highest BCUT2D eigenvalue weighted by atomic mass is 16.5. The molecule has 0 amide bonds. The number of hydrogen-bond acceptors (Lipinski definition) is 4. The van der Waals surface area contributed by atoms with Crippen molar-refractivity contribution in [2.45, 2.75) is 18.9 Å². The van der Waals surface area contributed by atoms with Gasteiger partial charge in [0.1, 0.15) is 12.4 Å². The summed E-state index contributed by atoms with van der Waals surface area (Å²) in [5, 5.41) is 2.54. The summed E-state index contributed by atoms with van der Waals surface area (Å²) in [6, 6.07) is 62.7. The molecule has 8 aromatic rings. The van der Waals surface area contributed by atoms with Gasteiger partial charge < -0.3 is 19.3 Å². The summed E-state index contributed by atoms with van der Waals surface area (Å²) in [7, 11) is 0. The Kier molecular flexibility index (Phi) is 6.41. The molecule has 1 aliphatic carbocycles. The van der Waals surface area contributed by atoms with E-state index in [1.807, 2.05) is 18.2 Å². The molecule has 0 aromatic heterocycles. The van der Waals surface area contributed by atoms with Crippen molar-refractivity contribution in [1.29, 1.82) is 0 Å². The van der Waals surface area contributed by atoms with Gasteiger partial charge in [-0.3, -0.25) is 0 Å². The molecule has 0 radical (unpaired) electrons. The summed E-state index contributed by atoms with van der Waals surface area (Å²) in [5.74, 6) is 2.17. The second-order valence-electron chi connectivity index (χ2n) is 14.2. The van der Waals surface area contributed by atoms with E-state index in [0.29, 0.717) is 18.1 Å². The first kappa shape index (κ1) is 29.9. The molecule has 1 atom stereocenters. The predicted molar refractivity (Wildman–Crippen MR) is 215 cm³/mol. The van der Waals surface area contributed by atoms with E-state index in [2.05, 4.69) is 174 Å². The van der Waals surface area contributed by atoms with Crippen LogP contribution in [0, 0.1) is 0 Å². The lowest BCUT2D eigenvalue weighted by Gasteiger charge is -2.42. The molecule has 3 aliphatic rings. The topological polar surface area (TPSA) is 24.9 Å². The number of rotatable bonds is 4. The second-order valence-corrected chi connectivity index (χ2v) is 14.2. The van der Waals surface area contributed by atoms with Crippen LogP contribution in [-0.4, -0.2) is 0 Å². The Bertz CT molecular complexity index is 2700. The summed E-state index contributed by atoms with van der Waals surface area (Å²) >= 11 is 0. The van der Waals surface area contributed by atoms with E-state index in [0.717, 1.165) is 45.4 Å². The van der Waals surface area contributed by atoms with Crippen LogP contribution in [0.25, 0.3) is 21.9 Å². The van der Waals surface area contributed by atoms with E-state index < -0.39 is 0 Å². The molecule has 1 unspecified atom stereocenters. The molecule has 0 spiro atoms. The van der Waals surface area contributed by atoms with Gasteiger partial charge in [0.2, 0.25) is 0 Å². The van der Waals surface area contributed by atoms with Crippen LogP contribution in [0.3, 0.4) is 0 Å². The van der Waals surface area contributed by atoms with Gasteiger partial charge in [-0.15, -0.1) is 0 Å². The van der Waals surface area contributed by atoms with Gasteiger partial charge >= 0.3 is 0 Å². The second kappa shape index (κ2) is 11.4. The van der Waals surface area contributed by atoms with Gasteiger partial charge in [-0.25, -0.2) is 0 Å². The minimum absolute atomic E-state index is 0.342. The van der Waals surface area contributed by atoms with Crippen molar-refractivity contribution in [2.24, 2.45) is 0 Å². The molecular weight excluding hydrogens is 649 g/mol. The molecule has 2 heterocycles. The molecule has 0 saturated carbocycles. The van der Waals surface area contributed by atoms with Crippen molar-refractivity contribution in [1.82, 2.24) is 0 Å². The average Bonchev–Trinajstić information content (AvgIpc) is 3.34. The Labute approximate surface area is 308 Å². The largest absolute Gasteiger partial charge is 0.483 e. The maximum Gasteiger partial charge on any atom is 0.186 e. The van der Waals surface area contributed by atoms with Crippen molar-refractivity contribution in [3.63, 3.8) is 0 Å². The lowest BCUT2D eigenvalue weighted by molar-refractivity contribution is 0.308. The Morgan fingerprint density at radius 3 is 2.11 bits per heavy atom. The Morgan fingerprint density at radius 1 is 0.585 bits per heavy atom. The lowest BCUT2D eigenvalue weighted by atomic mass is 9.70. The van der Waals surface area contributed by atoms with Gasteiger partial charge in [0.25, 0.3) is 0 Å². The molecule has 0 fully saturated rings. The maximum absolute atomic E-state index is 6.87. The van der Waals surface area contributed by atoms with Crippen LogP contribution >= 0.6 is 0 Å². The zero-order valence-electron chi connectivity index (χ0n) is 29.2. The van der Waals surface area contributed by atoms with Crippen LogP contribution < -0.4 is 19.3 Å². The SMILES string of the molecule is CC12c3ccccc3N(c3cc4c(c(N(c5ccccc5)c5ccccc5)c3)OCc3ccccc3O4)c3cccc(c31)-c1c2ccc2ccccc12. The van der Waals surface area contributed by atoms with Gasteiger partial charge in [-0.1, -0.05) is 121 Å². The first-order valence-electron chi connectivity index (χ1n) is 18.2. The van der Waals surface area contributed by atoms with E-state index in [1.54, 1.807) is 0 Å². The molecule has 8 aromatic carbocycles. The van der Waals surface area contributed by atoms with Crippen molar-refractivity contribution in [3.05, 3.63) is 198 Å². The first-order chi connectivity index (χ1) is 26.2. The molecular formula is C49H34N2O2. The standard InChI is InChI=1S/C49H34N2O2/c1-49-39-23-11-12-24-41(39)51(42-25-14-22-38(47(42)49)46-37-21-10-8-15-32(37)27-28-40(46)49)36-29-43(48-45(30-36)53-44-26-13-9-16-33(44)31-52-48)50(34-17-4-2-5-18-34)35-19-6-3-7-20-35/h2-30H,31H2,1H3. The fraction of sp³-hybridized carbons (Fsp3) is 0.0612. The molecule has 0 bridgehead atoms. The van der Waals surface area contributed by atoms with Crippen molar-refractivity contribution >= 4 is 44.9 Å². The minimum atomic E-state index is -0.342. The molecule has 53 heavy (non-hydrogen) atoms. The third-order valence-corrected chi connectivity index (χ3v) is 11.3. The van der Waals surface area contributed by atoms with Crippen LogP contribution in [-0.2, 0) is 12.0 Å². The van der Waals surface area contributed by atoms with Gasteiger partial charge in [-0.05, 0) is 94.0 Å². The number of fused-ring (bicyclic) bond motifs is 9. The number of benzene rings is 8. The normalized spacial score (nSPS) is 15.9. The highest BCUT2D eigenvalue weighted by molar-refractivity contribution is 6.07. The van der Waals surface area contributed by atoms with Gasteiger partial charge in [0.15, 0.2) is 11.5 Å². The quantitative estimate of drug-likeness (QED) is 0.184. The fourth-order valence-corrected chi connectivity index (χ4v) is 9.01. The number of para-hydroxylation sites is 4. The van der Waals surface area contributed by atoms with Crippen LogP contribution in [0.4, 0.5) is 34.1 Å². The number of ether oxygens (including phenoxy) is 2. The third kappa shape index (κ3) is 4.30. The summed E-state index contributed by atoms with van der Waals surface area (Å²) in [4.78, 5) is 4.71. The van der Waals surface area contributed by atoms with Crippen LogP contribution in [0.15, 0.2) is 176 Å². The molecule has 0 saturated heterocycles. The average molecular weight is 683 g/mol. The number of anilines is 6. The lowest BCUT2D eigenvalue weighted by Crippen LogP contribution is -2.32. The van der Waals surface area contributed by atoms with E-state index in [-0.39, 0.29) is 5.41 Å². The summed E-state index contributed by atoms with van der Waals surface area (Å²) in [5.41, 5.74) is 13.5. The van der Waals surface area contributed by atoms with Gasteiger partial charge in [0.05, 0.1) is 22.7 Å². The van der Waals surface area contributed by atoms with Crippen molar-refractivity contribution < 1.29 is 9.47 Å². The number of nitrogens with zero attached hydrogens (tertiary/aromatic N) is 2. The third-order valence-electron chi connectivity index (χ3n) is 11.3. The summed E-state index contributed by atoms with van der Waals surface area (Å²) in [6.45, 7) is 2.81. The zero-order chi connectivity index (χ0) is 35.1. The van der Waals surface area contributed by atoms with Crippen LogP contribution in [0.2, 0.25) is 0 Å². The number of hydrogen-bond donors (Lipinski definition) is 0. The summed E-state index contributed by atoms with van der Waals surface area (Å²) in [6.07, 6.45) is 0. The van der Waals surface area contributed by atoms with Crippen LogP contribution in [0.5, 0.6) is 17.2 Å². The first-order valence-corrected chi connectivity index (χ1v) is 18.2. The van der Waals surface area contributed by atoms with Gasteiger partial charge in [0, 0.05) is 28.4 Å². The predicted octanol–water partition coefficient (Wildman–Crippen LogP) is 13.1. The highest BCUT2D eigenvalue weighted by Gasteiger charge is 2.49. The van der Waals surface area contributed by atoms with E-state index >= 15 is 0 Å². The minimum Gasteiger partial charge on any atom is -0.483 e. The summed E-state index contributed by atoms with van der Waals surface area (Å²) < 4.78 is 13.6. The maximum atomic E-state index is 6.87. The molecule has 2 aliphatic heterocycles. The van der Waals surface area contributed by atoms with Crippen molar-refractivity contribution in [2.75, 3.05) is 9.80 Å². The van der Waals surface area contributed by atoms with Crippen LogP contribution in [0.1, 0.15) is 29.2 Å². The highest BCUT2D eigenvalue weighted by Crippen LogP contribution is 2.64. The Morgan fingerprint density at radius 2 is 1.28 bits per heavy atom. The molecule has 4 heteroatoms. The fourth-order valence-electron chi connectivity index (χ4n) is 9.01. The van der Waals surface area contributed by atoms with E-state index in [1.165, 1.54) is 38.6 Å². The molecule has 252 valence electrons. The zero-order valence-corrected chi connectivity index (χ0v) is 29.2. The van der Waals surface area contributed by atoms with E-state index in [9.17, 15) is 0 Å². The van der Waals surface area contributed by atoms with Crippen molar-refractivity contribution in [3.8, 4) is 28.4 Å². The Hall–Kier alpha value is -6.78. The smallest absolute Gasteiger partial charge is 0.186 e. The molecule has 11 rings (SSSR count). The molecule has 0 N–H and O–H groups in total. The monoisotopic (exact) mass is 682 g/mol.